The molecule has 0 bridgehead atoms. The number of anilines is 1. The van der Waals surface area contributed by atoms with E-state index in [0.717, 1.165) is 35.2 Å². The fourth-order valence-corrected chi connectivity index (χ4v) is 3.44. The van der Waals surface area contributed by atoms with Crippen LogP contribution in [0.2, 0.25) is 5.02 Å². The first kappa shape index (κ1) is 16.8. The third-order valence-corrected chi connectivity index (χ3v) is 4.94. The van der Waals surface area contributed by atoms with Crippen molar-refractivity contribution in [1.29, 1.82) is 0 Å². The summed E-state index contributed by atoms with van der Waals surface area (Å²) in [5, 5.41) is 1.61. The van der Waals surface area contributed by atoms with Gasteiger partial charge in [-0.2, -0.15) is 0 Å². The van der Waals surface area contributed by atoms with Gasteiger partial charge in [-0.05, 0) is 18.2 Å². The van der Waals surface area contributed by atoms with Crippen molar-refractivity contribution >= 4 is 34.4 Å². The van der Waals surface area contributed by atoms with E-state index in [2.05, 4.69) is 4.90 Å². The number of halogens is 1. The predicted octanol–water partition coefficient (Wildman–Crippen LogP) is 3.62. The first-order valence-corrected chi connectivity index (χ1v) is 9.03. The largest absolute Gasteiger partial charge is 0.339 e. The fraction of sp³-hybridized carbons (Fsp3) is 0.250. The molecule has 2 heterocycles. The van der Waals surface area contributed by atoms with Gasteiger partial charge in [-0.15, -0.1) is 0 Å². The van der Waals surface area contributed by atoms with E-state index in [4.69, 9.17) is 21.6 Å². The number of hydrogen-bond donors (Lipinski definition) is 0. The molecular weight excluding hydrogens is 348 g/mol. The molecule has 6 heteroatoms. The molecular formula is C20H19ClN4O. The Labute approximate surface area is 157 Å². The van der Waals surface area contributed by atoms with Crippen LogP contribution in [0.3, 0.4) is 0 Å². The highest BCUT2D eigenvalue weighted by Crippen LogP contribution is 2.30. The van der Waals surface area contributed by atoms with Crippen LogP contribution < -0.4 is 4.90 Å². The van der Waals surface area contributed by atoms with Crippen molar-refractivity contribution in [2.75, 3.05) is 31.1 Å². The van der Waals surface area contributed by atoms with Crippen molar-refractivity contribution in [2.45, 2.75) is 6.92 Å². The number of rotatable bonds is 2. The zero-order chi connectivity index (χ0) is 18.1. The molecule has 0 atom stereocenters. The van der Waals surface area contributed by atoms with Crippen LogP contribution in [0.25, 0.3) is 22.2 Å². The molecule has 2 aromatic carbocycles. The van der Waals surface area contributed by atoms with E-state index in [1.54, 1.807) is 6.92 Å². The number of fused-ring (bicyclic) bond motifs is 1. The Balaban J connectivity index is 1.77. The summed E-state index contributed by atoms with van der Waals surface area (Å²) in [5.74, 6) is 0.811. The van der Waals surface area contributed by atoms with Crippen LogP contribution in [0.15, 0.2) is 48.5 Å². The molecule has 4 rings (SSSR count). The number of piperazine rings is 1. The molecule has 0 unspecified atom stereocenters. The van der Waals surface area contributed by atoms with Crippen LogP contribution in [-0.4, -0.2) is 47.0 Å². The van der Waals surface area contributed by atoms with E-state index in [-0.39, 0.29) is 5.91 Å². The molecule has 0 aliphatic carbocycles. The zero-order valence-corrected chi connectivity index (χ0v) is 15.3. The summed E-state index contributed by atoms with van der Waals surface area (Å²) in [5.41, 5.74) is 2.78. The van der Waals surface area contributed by atoms with Crippen molar-refractivity contribution < 1.29 is 4.79 Å². The maximum Gasteiger partial charge on any atom is 0.226 e. The lowest BCUT2D eigenvalue weighted by Crippen LogP contribution is -2.48. The summed E-state index contributed by atoms with van der Waals surface area (Å²) in [4.78, 5) is 25.2. The second-order valence-corrected chi connectivity index (χ2v) is 6.83. The Hall–Kier alpha value is -2.66. The normalized spacial score (nSPS) is 14.7. The summed E-state index contributed by atoms with van der Waals surface area (Å²) in [6, 6.07) is 15.8. The summed E-state index contributed by atoms with van der Waals surface area (Å²) in [6.07, 6.45) is 0. The van der Waals surface area contributed by atoms with E-state index in [1.165, 1.54) is 0 Å². The minimum Gasteiger partial charge on any atom is -0.339 e. The molecule has 0 saturated carbocycles. The van der Waals surface area contributed by atoms with E-state index in [9.17, 15) is 4.79 Å². The van der Waals surface area contributed by atoms with Gasteiger partial charge in [-0.25, -0.2) is 9.97 Å². The minimum atomic E-state index is 0.115. The molecule has 1 amide bonds. The minimum absolute atomic E-state index is 0.115. The first-order chi connectivity index (χ1) is 12.6. The Morgan fingerprint density at radius 2 is 1.73 bits per heavy atom. The van der Waals surface area contributed by atoms with Gasteiger partial charge in [0.05, 0.1) is 11.2 Å². The number of carbonyl (C=O) groups is 1. The molecule has 1 saturated heterocycles. The van der Waals surface area contributed by atoms with Gasteiger partial charge < -0.3 is 9.80 Å². The van der Waals surface area contributed by atoms with Crippen LogP contribution in [0, 0.1) is 0 Å². The van der Waals surface area contributed by atoms with E-state index in [0.29, 0.717) is 24.1 Å². The van der Waals surface area contributed by atoms with Crippen LogP contribution in [0.4, 0.5) is 5.95 Å². The molecule has 1 aliphatic rings. The van der Waals surface area contributed by atoms with E-state index in [1.807, 2.05) is 53.4 Å². The molecule has 26 heavy (non-hydrogen) atoms. The smallest absolute Gasteiger partial charge is 0.226 e. The molecule has 3 aromatic rings. The summed E-state index contributed by atoms with van der Waals surface area (Å²) < 4.78 is 0. The number of carbonyl (C=O) groups excluding carboxylic acids is 1. The Morgan fingerprint density at radius 1 is 1.00 bits per heavy atom. The van der Waals surface area contributed by atoms with E-state index < -0.39 is 0 Å². The fourth-order valence-electron chi connectivity index (χ4n) is 3.27. The Bertz CT molecular complexity index is 953. The first-order valence-electron chi connectivity index (χ1n) is 8.65. The number of amides is 1. The number of nitrogens with zero attached hydrogens (tertiary/aromatic N) is 4. The molecule has 1 aromatic heterocycles. The molecule has 5 nitrogen and oxygen atoms in total. The van der Waals surface area contributed by atoms with Crippen molar-refractivity contribution in [3.8, 4) is 11.3 Å². The SMILES string of the molecule is CC(=O)N1CCN(c2nc(-c3ccccc3)c3cc(Cl)ccc3n2)CC1. The number of aromatic nitrogens is 2. The quantitative estimate of drug-likeness (QED) is 0.695. The number of benzene rings is 2. The lowest BCUT2D eigenvalue weighted by molar-refractivity contribution is -0.129. The van der Waals surface area contributed by atoms with Gasteiger partial charge in [0.1, 0.15) is 0 Å². The third kappa shape index (κ3) is 3.22. The van der Waals surface area contributed by atoms with Gasteiger partial charge in [0, 0.05) is 49.1 Å². The van der Waals surface area contributed by atoms with Crippen LogP contribution in [-0.2, 0) is 4.79 Å². The molecule has 0 radical (unpaired) electrons. The molecule has 0 N–H and O–H groups in total. The summed E-state index contributed by atoms with van der Waals surface area (Å²) in [6.45, 7) is 4.45. The monoisotopic (exact) mass is 366 g/mol. The van der Waals surface area contributed by atoms with Crippen molar-refractivity contribution in [1.82, 2.24) is 14.9 Å². The third-order valence-electron chi connectivity index (χ3n) is 4.70. The number of hydrogen-bond acceptors (Lipinski definition) is 4. The van der Waals surface area contributed by atoms with Gasteiger partial charge in [0.25, 0.3) is 0 Å². The predicted molar refractivity (Wildman–Crippen MR) is 104 cm³/mol. The average Bonchev–Trinajstić information content (AvgIpc) is 2.68. The second kappa shape index (κ2) is 6.92. The lowest BCUT2D eigenvalue weighted by atomic mass is 10.1. The van der Waals surface area contributed by atoms with Gasteiger partial charge in [0.2, 0.25) is 11.9 Å². The topological polar surface area (TPSA) is 49.3 Å². The zero-order valence-electron chi connectivity index (χ0n) is 14.5. The van der Waals surface area contributed by atoms with Gasteiger partial charge in [-0.1, -0.05) is 41.9 Å². The van der Waals surface area contributed by atoms with Crippen molar-refractivity contribution in [2.24, 2.45) is 0 Å². The highest BCUT2D eigenvalue weighted by atomic mass is 35.5. The maximum atomic E-state index is 11.6. The van der Waals surface area contributed by atoms with Gasteiger partial charge >= 0.3 is 0 Å². The highest BCUT2D eigenvalue weighted by Gasteiger charge is 2.22. The molecule has 1 fully saturated rings. The van der Waals surface area contributed by atoms with Crippen molar-refractivity contribution in [3.05, 3.63) is 53.6 Å². The van der Waals surface area contributed by atoms with Gasteiger partial charge in [0.15, 0.2) is 0 Å². The second-order valence-electron chi connectivity index (χ2n) is 6.39. The average molecular weight is 367 g/mol. The Kier molecular flexibility index (Phi) is 4.47. The van der Waals surface area contributed by atoms with Gasteiger partial charge in [-0.3, -0.25) is 4.79 Å². The summed E-state index contributed by atoms with van der Waals surface area (Å²) >= 11 is 6.21. The van der Waals surface area contributed by atoms with E-state index >= 15 is 0 Å². The molecule has 0 spiro atoms. The summed E-state index contributed by atoms with van der Waals surface area (Å²) in [7, 11) is 0. The standard InChI is InChI=1S/C20H19ClN4O/c1-14(26)24-9-11-25(12-10-24)20-22-18-8-7-16(21)13-17(18)19(23-20)15-5-3-2-4-6-15/h2-8,13H,9-12H2,1H3. The highest BCUT2D eigenvalue weighted by molar-refractivity contribution is 6.31. The molecule has 1 aliphatic heterocycles. The van der Waals surface area contributed by atoms with Crippen molar-refractivity contribution in [3.63, 3.8) is 0 Å². The maximum absolute atomic E-state index is 11.6. The van der Waals surface area contributed by atoms with Crippen LogP contribution >= 0.6 is 11.6 Å². The Morgan fingerprint density at radius 3 is 2.42 bits per heavy atom. The molecule has 132 valence electrons. The van der Waals surface area contributed by atoms with Crippen LogP contribution in [0.5, 0.6) is 0 Å². The van der Waals surface area contributed by atoms with Crippen LogP contribution in [0.1, 0.15) is 6.92 Å². The lowest BCUT2D eigenvalue weighted by Gasteiger charge is -2.34.